The van der Waals surface area contributed by atoms with E-state index in [1.807, 2.05) is 29.2 Å². The number of nitrogens with one attached hydrogen (secondary N) is 2. The third-order valence-corrected chi connectivity index (χ3v) is 7.26. The zero-order chi connectivity index (χ0) is 28.3. The van der Waals surface area contributed by atoms with Crippen LogP contribution in [0.2, 0.25) is 5.02 Å². The molecule has 9 nitrogen and oxygen atoms in total. The molecule has 0 radical (unpaired) electrons. The number of aromatic nitrogens is 2. The fourth-order valence-corrected chi connectivity index (χ4v) is 5.07. The van der Waals surface area contributed by atoms with E-state index in [1.54, 1.807) is 0 Å². The van der Waals surface area contributed by atoms with Crippen molar-refractivity contribution in [1.82, 2.24) is 19.8 Å². The molecule has 5 rings (SSSR count). The van der Waals surface area contributed by atoms with Gasteiger partial charge in [0.2, 0.25) is 5.95 Å². The first-order valence-electron chi connectivity index (χ1n) is 13.0. The number of carbonyl (C=O) groups is 1. The van der Waals surface area contributed by atoms with Crippen LogP contribution in [-0.4, -0.2) is 78.2 Å². The predicted octanol–water partition coefficient (Wildman–Crippen LogP) is 4.12. The lowest BCUT2D eigenvalue weighted by Crippen LogP contribution is -2.51. The quantitative estimate of drug-likeness (QED) is 0.476. The summed E-state index contributed by atoms with van der Waals surface area (Å²) in [4.78, 5) is 40.5. The second-order valence-corrected chi connectivity index (χ2v) is 10.2. The highest BCUT2D eigenvalue weighted by Gasteiger charge is 2.31. The average Bonchev–Trinajstić information content (AvgIpc) is 2.93. The molecule has 0 saturated carbocycles. The van der Waals surface area contributed by atoms with E-state index in [2.05, 4.69) is 25.1 Å². The number of alkyl halides is 3. The number of carbonyl (C=O) groups excluding carboxylic acids is 1. The van der Waals surface area contributed by atoms with Gasteiger partial charge < -0.3 is 20.0 Å². The Morgan fingerprint density at radius 2 is 1.62 bits per heavy atom. The Balaban J connectivity index is 1.14. The third-order valence-electron chi connectivity index (χ3n) is 7.02. The monoisotopic (exact) mass is 575 g/mol. The standard InChI is InChI=1S/C27H29ClF3N7O2/c28-20-4-2-6-23(16-20)36-9-7-35(8-10-36)18-22-17-24(39)34-25(32-22)37-11-13-38(14-12-37)26(40)33-21-5-1-3-19(15-21)27(29,30)31/h1-6,15-17H,7-14,18H2,(H,33,40)(H,32,34,39). The largest absolute Gasteiger partial charge is 0.416 e. The van der Waals surface area contributed by atoms with Gasteiger partial charge in [-0.15, -0.1) is 0 Å². The Labute approximate surface area is 234 Å². The number of anilines is 3. The lowest BCUT2D eigenvalue weighted by atomic mass is 10.2. The molecule has 3 heterocycles. The highest BCUT2D eigenvalue weighted by Crippen LogP contribution is 2.30. The molecular weight excluding hydrogens is 547 g/mol. The summed E-state index contributed by atoms with van der Waals surface area (Å²) in [5, 5.41) is 3.24. The lowest BCUT2D eigenvalue weighted by molar-refractivity contribution is -0.137. The summed E-state index contributed by atoms with van der Waals surface area (Å²) in [5.74, 6) is 0.443. The molecule has 1 aromatic heterocycles. The summed E-state index contributed by atoms with van der Waals surface area (Å²) in [6.45, 7) is 5.32. The molecular formula is C27H29ClF3N7O2. The Morgan fingerprint density at radius 3 is 2.33 bits per heavy atom. The van der Waals surface area contributed by atoms with E-state index < -0.39 is 17.8 Å². The van der Waals surface area contributed by atoms with Crippen molar-refractivity contribution in [2.45, 2.75) is 12.7 Å². The number of aromatic amines is 1. The molecule has 2 aliphatic rings. The Morgan fingerprint density at radius 1 is 0.925 bits per heavy atom. The number of urea groups is 1. The smallest absolute Gasteiger partial charge is 0.369 e. The van der Waals surface area contributed by atoms with Crippen LogP contribution in [0.25, 0.3) is 0 Å². The van der Waals surface area contributed by atoms with Gasteiger partial charge in [-0.2, -0.15) is 13.2 Å². The molecule has 212 valence electrons. The molecule has 13 heteroatoms. The fourth-order valence-electron chi connectivity index (χ4n) is 4.89. The van der Waals surface area contributed by atoms with Gasteiger partial charge in [0.1, 0.15) is 0 Å². The maximum atomic E-state index is 13.0. The normalized spacial score (nSPS) is 16.8. The predicted molar refractivity (Wildman–Crippen MR) is 148 cm³/mol. The molecule has 2 aliphatic heterocycles. The van der Waals surface area contributed by atoms with E-state index in [0.717, 1.165) is 44.0 Å². The van der Waals surface area contributed by atoms with Gasteiger partial charge in [-0.25, -0.2) is 9.78 Å². The van der Waals surface area contributed by atoms with E-state index in [9.17, 15) is 22.8 Å². The van der Waals surface area contributed by atoms with Crippen LogP contribution >= 0.6 is 11.6 Å². The molecule has 0 atom stereocenters. The lowest BCUT2D eigenvalue weighted by Gasteiger charge is -2.36. The second kappa shape index (κ2) is 11.8. The molecule has 2 aromatic carbocycles. The van der Waals surface area contributed by atoms with Crippen LogP contribution in [0.5, 0.6) is 0 Å². The molecule has 3 aromatic rings. The molecule has 2 amide bonds. The van der Waals surface area contributed by atoms with Crippen molar-refractivity contribution >= 4 is 35.0 Å². The van der Waals surface area contributed by atoms with Crippen molar-refractivity contribution in [1.29, 1.82) is 0 Å². The van der Waals surface area contributed by atoms with Gasteiger partial charge in [-0.05, 0) is 36.4 Å². The Bertz CT molecular complexity index is 1400. The summed E-state index contributed by atoms with van der Waals surface area (Å²) in [6.07, 6.45) is -4.49. The van der Waals surface area contributed by atoms with Crippen molar-refractivity contribution in [3.8, 4) is 0 Å². The summed E-state index contributed by atoms with van der Waals surface area (Å²) in [6, 6.07) is 13.4. The molecule has 40 heavy (non-hydrogen) atoms. The second-order valence-electron chi connectivity index (χ2n) is 9.79. The number of benzene rings is 2. The van der Waals surface area contributed by atoms with Gasteiger partial charge in [0.05, 0.1) is 11.3 Å². The Kier molecular flexibility index (Phi) is 8.17. The minimum atomic E-state index is -4.49. The van der Waals surface area contributed by atoms with E-state index in [4.69, 9.17) is 11.6 Å². The minimum absolute atomic E-state index is 0.0781. The summed E-state index contributed by atoms with van der Waals surface area (Å²) >= 11 is 6.13. The summed E-state index contributed by atoms with van der Waals surface area (Å²) in [7, 11) is 0. The van der Waals surface area contributed by atoms with Gasteiger partial charge >= 0.3 is 12.2 Å². The van der Waals surface area contributed by atoms with Crippen LogP contribution in [0.3, 0.4) is 0 Å². The van der Waals surface area contributed by atoms with Gasteiger partial charge in [0.25, 0.3) is 5.56 Å². The molecule has 2 N–H and O–H groups in total. The summed E-state index contributed by atoms with van der Waals surface area (Å²) in [5.41, 5.74) is 0.760. The number of halogens is 4. The topological polar surface area (TPSA) is 87.8 Å². The maximum absolute atomic E-state index is 13.0. The van der Waals surface area contributed by atoms with Crippen molar-refractivity contribution in [3.63, 3.8) is 0 Å². The first-order valence-corrected chi connectivity index (χ1v) is 13.3. The van der Waals surface area contributed by atoms with Crippen molar-refractivity contribution < 1.29 is 18.0 Å². The molecule has 2 fully saturated rings. The van der Waals surface area contributed by atoms with Crippen LogP contribution in [0, 0.1) is 0 Å². The Hall–Kier alpha value is -3.77. The van der Waals surface area contributed by atoms with E-state index in [0.29, 0.717) is 49.4 Å². The molecule has 0 spiro atoms. The maximum Gasteiger partial charge on any atom is 0.416 e. The molecule has 0 bridgehead atoms. The van der Waals surface area contributed by atoms with E-state index in [-0.39, 0.29) is 11.2 Å². The number of nitrogens with zero attached hydrogens (tertiary/aromatic N) is 5. The zero-order valence-corrected chi connectivity index (χ0v) is 22.4. The fraction of sp³-hybridized carbons (Fsp3) is 0.370. The van der Waals surface area contributed by atoms with Crippen LogP contribution in [0.4, 0.5) is 35.3 Å². The van der Waals surface area contributed by atoms with Gasteiger partial charge in [-0.1, -0.05) is 23.7 Å². The highest BCUT2D eigenvalue weighted by atomic mass is 35.5. The van der Waals surface area contributed by atoms with Gasteiger partial charge in [0.15, 0.2) is 0 Å². The van der Waals surface area contributed by atoms with Crippen LogP contribution in [0.1, 0.15) is 11.3 Å². The van der Waals surface area contributed by atoms with E-state index in [1.165, 1.54) is 23.1 Å². The van der Waals surface area contributed by atoms with Crippen molar-refractivity contribution in [2.24, 2.45) is 0 Å². The zero-order valence-electron chi connectivity index (χ0n) is 21.6. The third kappa shape index (κ3) is 6.86. The van der Waals surface area contributed by atoms with Crippen molar-refractivity contribution in [2.75, 3.05) is 67.5 Å². The number of hydrogen-bond donors (Lipinski definition) is 2. The molecule has 0 aliphatic carbocycles. The van der Waals surface area contributed by atoms with Crippen LogP contribution in [-0.2, 0) is 12.7 Å². The van der Waals surface area contributed by atoms with Crippen molar-refractivity contribution in [3.05, 3.63) is 81.2 Å². The van der Waals surface area contributed by atoms with E-state index >= 15 is 0 Å². The number of H-pyrrole nitrogens is 1. The number of piperazine rings is 2. The SMILES string of the molecule is O=C(Nc1cccc(C(F)(F)F)c1)N1CCN(c2nc(CN3CCN(c4cccc(Cl)c4)CC3)cc(=O)[nH]2)CC1. The number of hydrogen-bond acceptors (Lipinski definition) is 6. The van der Waals surface area contributed by atoms with Crippen LogP contribution in [0.15, 0.2) is 59.4 Å². The summed E-state index contributed by atoms with van der Waals surface area (Å²) < 4.78 is 38.9. The van der Waals surface area contributed by atoms with Gasteiger partial charge in [0, 0.05) is 81.4 Å². The highest BCUT2D eigenvalue weighted by molar-refractivity contribution is 6.30. The molecule has 0 unspecified atom stereocenters. The molecule has 2 saturated heterocycles. The number of rotatable bonds is 5. The average molecular weight is 576 g/mol. The van der Waals surface area contributed by atoms with Gasteiger partial charge in [-0.3, -0.25) is 14.7 Å². The minimum Gasteiger partial charge on any atom is -0.369 e. The first kappa shape index (κ1) is 27.8. The number of amides is 2. The van der Waals surface area contributed by atoms with Crippen LogP contribution < -0.4 is 20.7 Å². The first-order chi connectivity index (χ1) is 19.1.